The Bertz CT molecular complexity index is 250. The van der Waals surface area contributed by atoms with E-state index in [1.54, 1.807) is 0 Å². The number of hydrogen-bond donors (Lipinski definition) is 1. The van der Waals surface area contributed by atoms with E-state index in [0.29, 0.717) is 11.8 Å². The van der Waals surface area contributed by atoms with Crippen molar-refractivity contribution in [1.82, 2.24) is 10.2 Å². The van der Waals surface area contributed by atoms with E-state index in [2.05, 4.69) is 12.2 Å². The van der Waals surface area contributed by atoms with E-state index in [1.165, 1.54) is 25.7 Å². The maximum absolute atomic E-state index is 12.1. The lowest BCUT2D eigenvalue weighted by molar-refractivity contribution is -0.133. The van der Waals surface area contributed by atoms with E-state index in [0.717, 1.165) is 25.4 Å². The molecule has 1 N–H and O–H groups in total. The Morgan fingerprint density at radius 2 is 2.12 bits per heavy atom. The van der Waals surface area contributed by atoms with Crippen LogP contribution in [0.5, 0.6) is 0 Å². The number of hydrogen-bond acceptors (Lipinski definition) is 2. The summed E-state index contributed by atoms with van der Waals surface area (Å²) in [5, 5.41) is 3.34. The van der Waals surface area contributed by atoms with Gasteiger partial charge in [0.15, 0.2) is 0 Å². The number of nitrogens with zero attached hydrogens (tertiary/aromatic N) is 1. The Hall–Kier alpha value is -0.570. The molecule has 3 nitrogen and oxygen atoms in total. The molecule has 1 aliphatic carbocycles. The fraction of sp³-hybridized carbons (Fsp3) is 0.923. The highest BCUT2D eigenvalue weighted by Crippen LogP contribution is 2.32. The highest BCUT2D eigenvalue weighted by atomic mass is 16.2. The zero-order chi connectivity index (χ0) is 11.5. The first-order chi connectivity index (χ1) is 7.66. The molecule has 2 fully saturated rings. The zero-order valence-corrected chi connectivity index (χ0v) is 10.5. The monoisotopic (exact) mass is 224 g/mol. The van der Waals surface area contributed by atoms with Crippen LogP contribution in [0.4, 0.5) is 0 Å². The summed E-state index contributed by atoms with van der Waals surface area (Å²) in [7, 11) is 1.95. The molecule has 2 unspecified atom stereocenters. The van der Waals surface area contributed by atoms with Crippen molar-refractivity contribution in [1.29, 1.82) is 0 Å². The standard InChI is InChI=1S/C13H24N2O/c1-10-5-7-14-12(9-10)13(16)15(2)8-6-11-3-4-11/h10-12,14H,3-9H2,1-2H3. The summed E-state index contributed by atoms with van der Waals surface area (Å²) in [4.78, 5) is 14.1. The molecule has 0 aromatic carbocycles. The van der Waals surface area contributed by atoms with Crippen LogP contribution in [0.25, 0.3) is 0 Å². The Morgan fingerprint density at radius 3 is 2.75 bits per heavy atom. The molecule has 92 valence electrons. The van der Waals surface area contributed by atoms with Crippen LogP contribution in [0, 0.1) is 11.8 Å². The van der Waals surface area contributed by atoms with Gasteiger partial charge >= 0.3 is 0 Å². The fourth-order valence-electron chi connectivity index (χ4n) is 2.45. The smallest absolute Gasteiger partial charge is 0.239 e. The first-order valence-corrected chi connectivity index (χ1v) is 6.65. The van der Waals surface area contributed by atoms with E-state index in [4.69, 9.17) is 0 Å². The molecule has 0 spiro atoms. The summed E-state index contributed by atoms with van der Waals surface area (Å²) in [5.74, 6) is 1.90. The largest absolute Gasteiger partial charge is 0.344 e. The number of piperidine rings is 1. The van der Waals surface area contributed by atoms with Gasteiger partial charge in [-0.25, -0.2) is 0 Å². The van der Waals surface area contributed by atoms with Gasteiger partial charge in [0.1, 0.15) is 0 Å². The quantitative estimate of drug-likeness (QED) is 0.787. The molecule has 16 heavy (non-hydrogen) atoms. The topological polar surface area (TPSA) is 32.3 Å². The number of carbonyl (C=O) groups excluding carboxylic acids is 1. The third kappa shape index (κ3) is 3.21. The normalized spacial score (nSPS) is 30.1. The molecule has 0 aromatic rings. The molecular formula is C13H24N2O. The summed E-state index contributed by atoms with van der Waals surface area (Å²) < 4.78 is 0. The van der Waals surface area contributed by atoms with Crippen molar-refractivity contribution >= 4 is 5.91 Å². The summed E-state index contributed by atoms with van der Waals surface area (Å²) in [6.45, 7) is 4.18. The first-order valence-electron chi connectivity index (χ1n) is 6.65. The van der Waals surface area contributed by atoms with Gasteiger partial charge in [-0.3, -0.25) is 4.79 Å². The first kappa shape index (κ1) is 11.9. The summed E-state index contributed by atoms with van der Waals surface area (Å²) in [5.41, 5.74) is 0. The van der Waals surface area contributed by atoms with Gasteiger partial charge in [0.05, 0.1) is 6.04 Å². The van der Waals surface area contributed by atoms with E-state index < -0.39 is 0 Å². The lowest BCUT2D eigenvalue weighted by atomic mass is 9.93. The molecular weight excluding hydrogens is 200 g/mol. The van der Waals surface area contributed by atoms with Crippen molar-refractivity contribution in [3.63, 3.8) is 0 Å². The highest BCUT2D eigenvalue weighted by molar-refractivity contribution is 5.81. The van der Waals surface area contributed by atoms with E-state index in [1.807, 2.05) is 11.9 Å². The van der Waals surface area contributed by atoms with Crippen LogP contribution in [0.2, 0.25) is 0 Å². The second-order valence-electron chi connectivity index (χ2n) is 5.63. The Balaban J connectivity index is 1.75. The van der Waals surface area contributed by atoms with E-state index in [-0.39, 0.29) is 6.04 Å². The molecule has 1 saturated heterocycles. The molecule has 0 radical (unpaired) electrons. The van der Waals surface area contributed by atoms with Crippen LogP contribution in [0.3, 0.4) is 0 Å². The molecule has 0 bridgehead atoms. The molecule has 1 heterocycles. The minimum atomic E-state index is 0.0768. The van der Waals surface area contributed by atoms with Crippen LogP contribution in [0.1, 0.15) is 39.0 Å². The number of nitrogens with one attached hydrogen (secondary N) is 1. The Kier molecular flexibility index (Phi) is 3.85. The maximum Gasteiger partial charge on any atom is 0.239 e. The summed E-state index contributed by atoms with van der Waals surface area (Å²) in [6, 6.07) is 0.0768. The lowest BCUT2D eigenvalue weighted by Gasteiger charge is -2.30. The van der Waals surface area contributed by atoms with Gasteiger partial charge in [-0.05, 0) is 37.6 Å². The molecule has 2 atom stereocenters. The number of carbonyl (C=O) groups is 1. The van der Waals surface area contributed by atoms with Gasteiger partial charge < -0.3 is 10.2 Å². The average molecular weight is 224 g/mol. The van der Waals surface area contributed by atoms with Crippen LogP contribution in [-0.2, 0) is 4.79 Å². The van der Waals surface area contributed by atoms with Crippen molar-refractivity contribution in [3.8, 4) is 0 Å². The van der Waals surface area contributed by atoms with Gasteiger partial charge in [0.2, 0.25) is 5.91 Å². The Morgan fingerprint density at radius 1 is 1.38 bits per heavy atom. The molecule has 1 amide bonds. The second kappa shape index (κ2) is 5.17. The maximum atomic E-state index is 12.1. The Labute approximate surface area is 98.6 Å². The predicted molar refractivity (Wildman–Crippen MR) is 65.2 cm³/mol. The van der Waals surface area contributed by atoms with Gasteiger partial charge in [0.25, 0.3) is 0 Å². The average Bonchev–Trinajstić information content (AvgIpc) is 3.08. The fourth-order valence-corrected chi connectivity index (χ4v) is 2.45. The van der Waals surface area contributed by atoms with Crippen molar-refractivity contribution in [2.45, 2.75) is 45.1 Å². The van der Waals surface area contributed by atoms with Crippen molar-refractivity contribution < 1.29 is 4.79 Å². The molecule has 0 aromatic heterocycles. The zero-order valence-electron chi connectivity index (χ0n) is 10.5. The number of rotatable bonds is 4. The van der Waals surface area contributed by atoms with Gasteiger partial charge in [-0.1, -0.05) is 19.8 Å². The lowest BCUT2D eigenvalue weighted by Crippen LogP contribution is -2.49. The number of amides is 1. The van der Waals surface area contributed by atoms with Crippen LogP contribution < -0.4 is 5.32 Å². The predicted octanol–water partition coefficient (Wildman–Crippen LogP) is 1.63. The van der Waals surface area contributed by atoms with E-state index >= 15 is 0 Å². The third-order valence-corrected chi connectivity index (χ3v) is 3.91. The van der Waals surface area contributed by atoms with Crippen LogP contribution >= 0.6 is 0 Å². The van der Waals surface area contributed by atoms with Crippen LogP contribution in [0.15, 0.2) is 0 Å². The molecule has 2 rings (SSSR count). The van der Waals surface area contributed by atoms with Crippen molar-refractivity contribution in [3.05, 3.63) is 0 Å². The van der Waals surface area contributed by atoms with Gasteiger partial charge in [-0.15, -0.1) is 0 Å². The molecule has 1 saturated carbocycles. The number of likely N-dealkylation sites (N-methyl/N-ethyl adjacent to an activating group) is 1. The van der Waals surface area contributed by atoms with Gasteiger partial charge in [-0.2, -0.15) is 0 Å². The second-order valence-corrected chi connectivity index (χ2v) is 5.63. The molecule has 1 aliphatic heterocycles. The molecule has 2 aliphatic rings. The highest BCUT2D eigenvalue weighted by Gasteiger charge is 2.28. The van der Waals surface area contributed by atoms with Crippen molar-refractivity contribution in [2.75, 3.05) is 20.1 Å². The summed E-state index contributed by atoms with van der Waals surface area (Å²) >= 11 is 0. The summed E-state index contributed by atoms with van der Waals surface area (Å²) in [6.07, 6.45) is 6.16. The third-order valence-electron chi connectivity index (χ3n) is 3.91. The van der Waals surface area contributed by atoms with Crippen LogP contribution in [-0.4, -0.2) is 37.0 Å². The van der Waals surface area contributed by atoms with E-state index in [9.17, 15) is 4.79 Å². The van der Waals surface area contributed by atoms with Gasteiger partial charge in [0, 0.05) is 13.6 Å². The SMILES string of the molecule is CC1CCNC(C(=O)N(C)CCC2CC2)C1. The molecule has 3 heteroatoms. The minimum Gasteiger partial charge on any atom is -0.344 e. The minimum absolute atomic E-state index is 0.0768. The van der Waals surface area contributed by atoms with Crippen molar-refractivity contribution in [2.24, 2.45) is 11.8 Å².